The molecule has 1 unspecified atom stereocenters. The van der Waals surface area contributed by atoms with Gasteiger partial charge in [0.2, 0.25) is 10.0 Å². The van der Waals surface area contributed by atoms with Crippen LogP contribution in [0.1, 0.15) is 22.8 Å². The first-order valence-electron chi connectivity index (χ1n) is 5.66. The summed E-state index contributed by atoms with van der Waals surface area (Å²) in [4.78, 5) is 11.2. The topological polar surface area (TPSA) is 92.7 Å². The molecule has 106 valence electrons. The Kier molecular flexibility index (Phi) is 5.46. The van der Waals surface area contributed by atoms with Crippen molar-refractivity contribution in [3.8, 4) is 0 Å². The third-order valence-electron chi connectivity index (χ3n) is 2.39. The summed E-state index contributed by atoms with van der Waals surface area (Å²) in [5, 5.41) is 8.81. The van der Waals surface area contributed by atoms with Gasteiger partial charge < -0.3 is 9.84 Å². The van der Waals surface area contributed by atoms with Crippen LogP contribution >= 0.6 is 0 Å². The molecule has 0 saturated carbocycles. The molecule has 0 heterocycles. The normalized spacial score (nSPS) is 13.0. The number of hydrogen-bond donors (Lipinski definition) is 2. The second-order valence-corrected chi connectivity index (χ2v) is 5.90. The Morgan fingerprint density at radius 1 is 1.37 bits per heavy atom. The van der Waals surface area contributed by atoms with E-state index >= 15 is 0 Å². The maximum Gasteiger partial charge on any atom is 0.337 e. The van der Waals surface area contributed by atoms with Crippen molar-refractivity contribution in [1.29, 1.82) is 0 Å². The standard InChI is InChI=1S/C12H17NO5S/c1-9(7-14)13-19(16,17)8-10-3-5-11(6-4-10)12(15)18-2/h3-6,9,13-14H,7-8H2,1-2H3. The SMILES string of the molecule is COC(=O)c1ccc(CS(=O)(=O)NC(C)CO)cc1. The van der Waals surface area contributed by atoms with E-state index in [-0.39, 0.29) is 12.4 Å². The molecule has 0 amide bonds. The molecule has 6 nitrogen and oxygen atoms in total. The Labute approximate surface area is 112 Å². The summed E-state index contributed by atoms with van der Waals surface area (Å²) in [7, 11) is -2.23. The van der Waals surface area contributed by atoms with Crippen LogP contribution in [0.4, 0.5) is 0 Å². The van der Waals surface area contributed by atoms with E-state index in [1.165, 1.54) is 19.2 Å². The second-order valence-electron chi connectivity index (χ2n) is 4.15. The molecule has 7 heteroatoms. The van der Waals surface area contributed by atoms with Crippen LogP contribution in [0.2, 0.25) is 0 Å². The van der Waals surface area contributed by atoms with E-state index in [9.17, 15) is 13.2 Å². The van der Waals surface area contributed by atoms with Crippen LogP contribution in [0.15, 0.2) is 24.3 Å². The number of carbonyl (C=O) groups excluding carboxylic acids is 1. The molecule has 1 aromatic carbocycles. The molecular weight excluding hydrogens is 270 g/mol. The van der Waals surface area contributed by atoms with Gasteiger partial charge in [-0.3, -0.25) is 0 Å². The first-order valence-corrected chi connectivity index (χ1v) is 7.31. The fourth-order valence-electron chi connectivity index (χ4n) is 1.46. The van der Waals surface area contributed by atoms with Crippen molar-refractivity contribution in [2.45, 2.75) is 18.7 Å². The molecule has 1 rings (SSSR count). The Balaban J connectivity index is 2.75. The Hall–Kier alpha value is -1.44. The van der Waals surface area contributed by atoms with Crippen LogP contribution in [0, 0.1) is 0 Å². The minimum Gasteiger partial charge on any atom is -0.465 e. The molecular formula is C12H17NO5S. The number of aliphatic hydroxyl groups is 1. The number of hydrogen-bond acceptors (Lipinski definition) is 5. The number of nitrogens with one attached hydrogen (secondary N) is 1. The summed E-state index contributed by atoms with van der Waals surface area (Å²) in [5.74, 6) is -0.680. The summed E-state index contributed by atoms with van der Waals surface area (Å²) in [6, 6.07) is 5.59. The zero-order valence-corrected chi connectivity index (χ0v) is 11.6. The third kappa shape index (κ3) is 4.98. The van der Waals surface area contributed by atoms with E-state index in [1.54, 1.807) is 19.1 Å². The molecule has 0 fully saturated rings. The zero-order chi connectivity index (χ0) is 14.5. The zero-order valence-electron chi connectivity index (χ0n) is 10.8. The van der Waals surface area contributed by atoms with Crippen LogP contribution in [-0.4, -0.2) is 39.3 Å². The van der Waals surface area contributed by atoms with Gasteiger partial charge in [-0.05, 0) is 24.6 Å². The highest BCUT2D eigenvalue weighted by molar-refractivity contribution is 7.88. The average Bonchev–Trinajstić information content (AvgIpc) is 2.37. The largest absolute Gasteiger partial charge is 0.465 e. The number of esters is 1. The lowest BCUT2D eigenvalue weighted by atomic mass is 10.1. The number of carbonyl (C=O) groups is 1. The van der Waals surface area contributed by atoms with Crippen molar-refractivity contribution < 1.29 is 23.1 Å². The molecule has 1 aromatic rings. The van der Waals surface area contributed by atoms with E-state index in [4.69, 9.17) is 5.11 Å². The molecule has 0 saturated heterocycles. The Morgan fingerprint density at radius 3 is 2.42 bits per heavy atom. The lowest BCUT2D eigenvalue weighted by Crippen LogP contribution is -2.35. The number of aliphatic hydroxyl groups excluding tert-OH is 1. The van der Waals surface area contributed by atoms with E-state index in [2.05, 4.69) is 9.46 Å². The maximum atomic E-state index is 11.7. The monoisotopic (exact) mass is 287 g/mol. The molecule has 0 bridgehead atoms. The van der Waals surface area contributed by atoms with Crippen molar-refractivity contribution >= 4 is 16.0 Å². The van der Waals surface area contributed by atoms with Gasteiger partial charge in [0, 0.05) is 6.04 Å². The molecule has 0 aliphatic carbocycles. The highest BCUT2D eigenvalue weighted by Gasteiger charge is 2.15. The van der Waals surface area contributed by atoms with Crippen LogP contribution in [0.5, 0.6) is 0 Å². The molecule has 0 aliphatic rings. The molecule has 2 N–H and O–H groups in total. The molecule has 0 radical (unpaired) electrons. The quantitative estimate of drug-likeness (QED) is 0.733. The van der Waals surface area contributed by atoms with Crippen molar-refractivity contribution in [1.82, 2.24) is 4.72 Å². The fourth-order valence-corrected chi connectivity index (χ4v) is 2.86. The minimum absolute atomic E-state index is 0.210. The molecule has 0 aromatic heterocycles. The first-order chi connectivity index (χ1) is 8.88. The summed E-state index contributed by atoms with van der Waals surface area (Å²) < 4.78 is 30.3. The lowest BCUT2D eigenvalue weighted by molar-refractivity contribution is 0.0600. The smallest absolute Gasteiger partial charge is 0.337 e. The summed E-state index contributed by atoms with van der Waals surface area (Å²) in [6.45, 7) is 1.30. The van der Waals surface area contributed by atoms with Gasteiger partial charge in [-0.1, -0.05) is 12.1 Å². The van der Waals surface area contributed by atoms with Crippen LogP contribution in [0.25, 0.3) is 0 Å². The van der Waals surface area contributed by atoms with Crippen molar-refractivity contribution in [2.24, 2.45) is 0 Å². The van der Waals surface area contributed by atoms with Crippen molar-refractivity contribution in [2.75, 3.05) is 13.7 Å². The molecule has 19 heavy (non-hydrogen) atoms. The predicted octanol–water partition coefficient (Wildman–Crippen LogP) is 0.273. The number of ether oxygens (including phenoxy) is 1. The van der Waals surface area contributed by atoms with Gasteiger partial charge in [0.05, 0.1) is 25.0 Å². The maximum absolute atomic E-state index is 11.7. The number of rotatable bonds is 6. The van der Waals surface area contributed by atoms with Gasteiger partial charge in [0.25, 0.3) is 0 Å². The van der Waals surface area contributed by atoms with Gasteiger partial charge in [-0.2, -0.15) is 0 Å². The highest BCUT2D eigenvalue weighted by atomic mass is 32.2. The summed E-state index contributed by atoms with van der Waals surface area (Å²) in [5.41, 5.74) is 0.908. The first kappa shape index (κ1) is 15.6. The van der Waals surface area contributed by atoms with Gasteiger partial charge in [0.1, 0.15) is 0 Å². The van der Waals surface area contributed by atoms with Gasteiger partial charge >= 0.3 is 5.97 Å². The molecule has 1 atom stereocenters. The van der Waals surface area contributed by atoms with Crippen LogP contribution in [-0.2, 0) is 20.5 Å². The van der Waals surface area contributed by atoms with E-state index in [0.29, 0.717) is 11.1 Å². The lowest BCUT2D eigenvalue weighted by Gasteiger charge is -2.11. The van der Waals surface area contributed by atoms with Crippen LogP contribution < -0.4 is 4.72 Å². The van der Waals surface area contributed by atoms with E-state index in [0.717, 1.165) is 0 Å². The van der Waals surface area contributed by atoms with Gasteiger partial charge in [-0.15, -0.1) is 0 Å². The minimum atomic E-state index is -3.51. The third-order valence-corrected chi connectivity index (χ3v) is 3.86. The Morgan fingerprint density at radius 2 is 1.95 bits per heavy atom. The van der Waals surface area contributed by atoms with Crippen LogP contribution in [0.3, 0.4) is 0 Å². The van der Waals surface area contributed by atoms with Gasteiger partial charge in [-0.25, -0.2) is 17.9 Å². The molecule has 0 aliphatic heterocycles. The summed E-state index contributed by atoms with van der Waals surface area (Å²) >= 11 is 0. The summed E-state index contributed by atoms with van der Waals surface area (Å²) in [6.07, 6.45) is 0. The number of sulfonamides is 1. The average molecular weight is 287 g/mol. The Bertz CT molecular complexity index is 524. The second kappa shape index (κ2) is 6.65. The van der Waals surface area contributed by atoms with E-state index in [1.807, 2.05) is 0 Å². The van der Waals surface area contributed by atoms with Gasteiger partial charge in [0.15, 0.2) is 0 Å². The number of benzene rings is 1. The van der Waals surface area contributed by atoms with Crippen molar-refractivity contribution in [3.63, 3.8) is 0 Å². The fraction of sp³-hybridized carbons (Fsp3) is 0.417. The predicted molar refractivity (Wildman–Crippen MR) is 70.1 cm³/mol. The van der Waals surface area contributed by atoms with E-state index < -0.39 is 22.0 Å². The number of methoxy groups -OCH3 is 1. The highest BCUT2D eigenvalue weighted by Crippen LogP contribution is 2.09. The molecule has 0 spiro atoms. The van der Waals surface area contributed by atoms with Crippen molar-refractivity contribution in [3.05, 3.63) is 35.4 Å².